The summed E-state index contributed by atoms with van der Waals surface area (Å²) in [6.07, 6.45) is 0. The van der Waals surface area contributed by atoms with Crippen molar-refractivity contribution in [3.8, 4) is 11.5 Å². The van der Waals surface area contributed by atoms with E-state index in [9.17, 15) is 14.7 Å². The number of carbonyl (C=O) groups is 2. The van der Waals surface area contributed by atoms with Crippen molar-refractivity contribution in [2.75, 3.05) is 26.2 Å². The molecule has 0 fully saturated rings. The second-order valence-corrected chi connectivity index (χ2v) is 8.46. The molecule has 0 spiro atoms. The van der Waals surface area contributed by atoms with Gasteiger partial charge >= 0.3 is 5.97 Å². The van der Waals surface area contributed by atoms with Crippen LogP contribution in [0.3, 0.4) is 0 Å². The minimum Gasteiger partial charge on any atom is -0.503 e. The molecule has 2 aliphatic rings. The Morgan fingerprint density at radius 3 is 2.06 bits per heavy atom. The Kier molecular flexibility index (Phi) is 5.88. The lowest BCUT2D eigenvalue weighted by Crippen LogP contribution is -2.41. The van der Waals surface area contributed by atoms with E-state index in [2.05, 4.69) is 0 Å². The Morgan fingerprint density at radius 1 is 0.969 bits per heavy atom. The van der Waals surface area contributed by atoms with Gasteiger partial charge in [0, 0.05) is 16.2 Å². The lowest BCUT2D eigenvalue weighted by Gasteiger charge is -2.35. The number of methoxy groups -OCH3 is 3. The number of benzene rings is 2. The van der Waals surface area contributed by atoms with Crippen LogP contribution in [-0.4, -0.2) is 49.6 Å². The number of anilines is 1. The molecule has 0 aromatic heterocycles. The molecule has 32 heavy (non-hydrogen) atoms. The molecule has 0 unspecified atom stereocenters. The van der Waals surface area contributed by atoms with E-state index in [1.807, 2.05) is 31.2 Å². The third kappa shape index (κ3) is 3.50. The van der Waals surface area contributed by atoms with E-state index in [1.165, 1.54) is 23.8 Å². The zero-order valence-corrected chi connectivity index (χ0v) is 18.9. The summed E-state index contributed by atoms with van der Waals surface area (Å²) in [5.74, 6) is -0.131. The molecule has 166 valence electrons. The van der Waals surface area contributed by atoms with Crippen LogP contribution < -0.4 is 14.4 Å². The van der Waals surface area contributed by atoms with Crippen LogP contribution in [0.5, 0.6) is 11.5 Å². The number of aliphatic hydroxyl groups is 1. The molecule has 1 amide bonds. The second-order valence-electron chi connectivity index (χ2n) is 7.34. The van der Waals surface area contributed by atoms with E-state index in [0.717, 1.165) is 16.0 Å². The zero-order valence-electron chi connectivity index (χ0n) is 18.1. The zero-order chi connectivity index (χ0) is 23.0. The fraction of sp³-hybridized carbons (Fsp3) is 0.250. The van der Waals surface area contributed by atoms with Gasteiger partial charge in [0.1, 0.15) is 16.7 Å². The maximum absolute atomic E-state index is 13.1. The first-order chi connectivity index (χ1) is 15.4. The number of thioether (sulfide) groups is 1. The molecule has 2 heterocycles. The molecule has 2 aliphatic heterocycles. The van der Waals surface area contributed by atoms with Gasteiger partial charge in [-0.05, 0) is 54.5 Å². The maximum Gasteiger partial charge on any atom is 0.323 e. The molecule has 1 N–H and O–H groups in total. The average molecular weight is 454 g/mol. The van der Waals surface area contributed by atoms with Gasteiger partial charge in [0.15, 0.2) is 5.76 Å². The number of esters is 1. The molecule has 2 aromatic rings. The number of ether oxygens (including phenoxy) is 3. The van der Waals surface area contributed by atoms with Crippen molar-refractivity contribution in [2.24, 2.45) is 0 Å². The van der Waals surface area contributed by atoms with Crippen molar-refractivity contribution >= 4 is 34.2 Å². The molecule has 8 heteroatoms. The van der Waals surface area contributed by atoms with Crippen LogP contribution in [0.1, 0.15) is 12.5 Å². The predicted octanol–water partition coefficient (Wildman–Crippen LogP) is 3.95. The van der Waals surface area contributed by atoms with Gasteiger partial charge in [-0.3, -0.25) is 14.5 Å². The summed E-state index contributed by atoms with van der Waals surface area (Å²) < 4.78 is 15.5. The molecule has 2 aromatic carbocycles. The van der Waals surface area contributed by atoms with Gasteiger partial charge in [0.25, 0.3) is 5.91 Å². The van der Waals surface area contributed by atoms with Crippen molar-refractivity contribution in [3.05, 3.63) is 71.0 Å². The van der Waals surface area contributed by atoms with Crippen molar-refractivity contribution in [2.45, 2.75) is 18.2 Å². The van der Waals surface area contributed by atoms with E-state index in [4.69, 9.17) is 14.2 Å². The SMILES string of the molecule is COC(=O)[C@H]1SC(c2ccc(OC)cc2)=C(C)[C@@H]2C1=C(O)C(=O)N2c1ccc(OC)cc1. The lowest BCUT2D eigenvalue weighted by atomic mass is 9.94. The summed E-state index contributed by atoms with van der Waals surface area (Å²) in [7, 11) is 4.46. The third-order valence-corrected chi connectivity index (χ3v) is 7.13. The van der Waals surface area contributed by atoms with Gasteiger partial charge in [-0.25, -0.2) is 0 Å². The first-order valence-corrected chi connectivity index (χ1v) is 10.8. The largest absolute Gasteiger partial charge is 0.503 e. The van der Waals surface area contributed by atoms with Gasteiger partial charge in [-0.1, -0.05) is 12.1 Å². The standard InChI is InChI=1S/C24H23NO6S/c1-13-19-18(20(26)23(27)25(19)15-7-11-17(30-3)12-8-15)22(24(28)31-4)32-21(13)14-5-9-16(29-2)10-6-14/h5-12,19,22,26H,1-4H3/t19-,22+/m1/s1. The summed E-state index contributed by atoms with van der Waals surface area (Å²) >= 11 is 1.27. The van der Waals surface area contributed by atoms with E-state index >= 15 is 0 Å². The highest BCUT2D eigenvalue weighted by atomic mass is 32.2. The van der Waals surface area contributed by atoms with E-state index in [-0.39, 0.29) is 0 Å². The fourth-order valence-corrected chi connectivity index (χ4v) is 5.41. The van der Waals surface area contributed by atoms with Crippen molar-refractivity contribution in [1.82, 2.24) is 0 Å². The predicted molar refractivity (Wildman–Crippen MR) is 123 cm³/mol. The van der Waals surface area contributed by atoms with Gasteiger partial charge in [0.2, 0.25) is 0 Å². The Morgan fingerprint density at radius 2 is 1.53 bits per heavy atom. The average Bonchev–Trinajstić information content (AvgIpc) is 3.10. The number of fused-ring (bicyclic) bond motifs is 1. The van der Waals surface area contributed by atoms with Gasteiger partial charge in [0.05, 0.1) is 27.4 Å². The molecular formula is C24H23NO6S. The normalized spacial score (nSPS) is 20.4. The minimum atomic E-state index is -0.849. The second kappa shape index (κ2) is 8.63. The van der Waals surface area contributed by atoms with E-state index < -0.39 is 28.9 Å². The van der Waals surface area contributed by atoms with Gasteiger partial charge < -0.3 is 19.3 Å². The van der Waals surface area contributed by atoms with Crippen molar-refractivity contribution in [1.29, 1.82) is 0 Å². The summed E-state index contributed by atoms with van der Waals surface area (Å²) in [6.45, 7) is 1.91. The Balaban J connectivity index is 1.87. The Hall–Kier alpha value is -3.39. The third-order valence-electron chi connectivity index (χ3n) is 5.65. The molecule has 2 atom stereocenters. The quantitative estimate of drug-likeness (QED) is 0.686. The van der Waals surface area contributed by atoms with Crippen LogP contribution >= 0.6 is 11.8 Å². The first kappa shape index (κ1) is 21.8. The Labute approximate surface area is 190 Å². The number of carbonyl (C=O) groups excluding carboxylic acids is 2. The highest BCUT2D eigenvalue weighted by Gasteiger charge is 2.50. The number of hydrogen-bond acceptors (Lipinski definition) is 7. The van der Waals surface area contributed by atoms with Crippen LogP contribution in [0.2, 0.25) is 0 Å². The van der Waals surface area contributed by atoms with Gasteiger partial charge in [-0.2, -0.15) is 0 Å². The monoisotopic (exact) mass is 453 g/mol. The lowest BCUT2D eigenvalue weighted by molar-refractivity contribution is -0.139. The number of rotatable bonds is 5. The summed E-state index contributed by atoms with van der Waals surface area (Å²) in [5, 5.41) is 9.94. The molecular weight excluding hydrogens is 430 g/mol. The van der Waals surface area contributed by atoms with Crippen LogP contribution in [0.15, 0.2) is 65.4 Å². The highest BCUT2D eigenvalue weighted by Crippen LogP contribution is 2.50. The summed E-state index contributed by atoms with van der Waals surface area (Å²) in [4.78, 5) is 28.2. The Bertz CT molecular complexity index is 1120. The molecule has 4 rings (SSSR count). The van der Waals surface area contributed by atoms with Crippen LogP contribution in [-0.2, 0) is 14.3 Å². The minimum absolute atomic E-state index is 0.345. The number of aliphatic hydroxyl groups excluding tert-OH is 1. The number of amides is 1. The van der Waals surface area contributed by atoms with Gasteiger partial charge in [-0.15, -0.1) is 11.8 Å². The first-order valence-electron chi connectivity index (χ1n) is 9.91. The van der Waals surface area contributed by atoms with E-state index in [0.29, 0.717) is 22.8 Å². The van der Waals surface area contributed by atoms with Crippen LogP contribution in [0.4, 0.5) is 5.69 Å². The summed E-state index contributed by atoms with van der Waals surface area (Å²) in [6, 6.07) is 13.9. The maximum atomic E-state index is 13.1. The molecule has 0 bridgehead atoms. The topological polar surface area (TPSA) is 85.3 Å². The van der Waals surface area contributed by atoms with Crippen LogP contribution in [0, 0.1) is 0 Å². The highest BCUT2D eigenvalue weighted by molar-refractivity contribution is 8.09. The molecule has 7 nitrogen and oxygen atoms in total. The smallest absolute Gasteiger partial charge is 0.323 e. The van der Waals surface area contributed by atoms with Crippen molar-refractivity contribution in [3.63, 3.8) is 0 Å². The molecule has 0 saturated heterocycles. The fourth-order valence-electron chi connectivity index (χ4n) is 4.05. The van der Waals surface area contributed by atoms with Crippen molar-refractivity contribution < 1.29 is 28.9 Å². The molecule has 0 radical (unpaired) electrons. The number of hydrogen-bond donors (Lipinski definition) is 1. The molecule has 0 saturated carbocycles. The summed E-state index contributed by atoms with van der Waals surface area (Å²) in [5.41, 5.74) is 2.67. The molecule has 0 aliphatic carbocycles. The van der Waals surface area contributed by atoms with E-state index in [1.54, 1.807) is 38.5 Å². The number of nitrogens with zero attached hydrogens (tertiary/aromatic N) is 1. The van der Waals surface area contributed by atoms with Crippen LogP contribution in [0.25, 0.3) is 4.91 Å².